The maximum Gasteiger partial charge on any atom is 0.0952 e. The Morgan fingerprint density at radius 3 is 2.56 bits per heavy atom. The fourth-order valence-electron chi connectivity index (χ4n) is 0.534. The van der Waals surface area contributed by atoms with E-state index in [9.17, 15) is 0 Å². The van der Waals surface area contributed by atoms with Gasteiger partial charge in [-0.3, -0.25) is 0 Å². The number of allylic oxidation sites excluding steroid dienone is 4. The van der Waals surface area contributed by atoms with E-state index in [-0.39, 0.29) is 0 Å². The maximum atomic E-state index is 5.01. The van der Waals surface area contributed by atoms with Crippen molar-refractivity contribution in [3.05, 3.63) is 24.0 Å². The van der Waals surface area contributed by atoms with E-state index in [0.29, 0.717) is 0 Å². The van der Waals surface area contributed by atoms with E-state index in [4.69, 9.17) is 4.74 Å². The molecule has 0 aromatic heterocycles. The summed E-state index contributed by atoms with van der Waals surface area (Å²) >= 11 is 0. The van der Waals surface area contributed by atoms with Crippen molar-refractivity contribution in [2.75, 3.05) is 7.11 Å². The lowest BCUT2D eigenvalue weighted by Crippen LogP contribution is -1.81. The van der Waals surface area contributed by atoms with Crippen molar-refractivity contribution in [3.8, 4) is 0 Å². The SMILES string of the molecule is CC=CC=C(CC)OC. The Labute approximate surface area is 57.0 Å². The van der Waals surface area contributed by atoms with Gasteiger partial charge in [-0.2, -0.15) is 0 Å². The molecule has 1 heteroatoms. The van der Waals surface area contributed by atoms with Gasteiger partial charge in [0.2, 0.25) is 0 Å². The molecule has 0 aliphatic carbocycles. The molecule has 0 bridgehead atoms. The standard InChI is InChI=1S/C8H14O/c1-4-6-7-8(5-2)9-3/h4,6-7H,5H2,1-3H3. The van der Waals surface area contributed by atoms with E-state index < -0.39 is 0 Å². The normalized spacial score (nSPS) is 12.6. The van der Waals surface area contributed by atoms with Crippen LogP contribution in [-0.4, -0.2) is 7.11 Å². The van der Waals surface area contributed by atoms with Gasteiger partial charge in [0.15, 0.2) is 0 Å². The Bertz CT molecular complexity index is 106. The lowest BCUT2D eigenvalue weighted by Gasteiger charge is -1.98. The number of rotatable bonds is 3. The third kappa shape index (κ3) is 3.83. The van der Waals surface area contributed by atoms with Gasteiger partial charge >= 0.3 is 0 Å². The lowest BCUT2D eigenvalue weighted by atomic mass is 10.3. The van der Waals surface area contributed by atoms with Gasteiger partial charge in [-0.15, -0.1) is 0 Å². The minimum atomic E-state index is 0.959. The molecule has 0 saturated heterocycles. The van der Waals surface area contributed by atoms with Crippen molar-refractivity contribution in [3.63, 3.8) is 0 Å². The molecule has 0 amide bonds. The number of ether oxygens (including phenoxy) is 1. The highest BCUT2D eigenvalue weighted by Crippen LogP contribution is 1.99. The summed E-state index contributed by atoms with van der Waals surface area (Å²) in [6.07, 6.45) is 6.89. The average molecular weight is 126 g/mol. The van der Waals surface area contributed by atoms with Gasteiger partial charge < -0.3 is 4.74 Å². The van der Waals surface area contributed by atoms with E-state index >= 15 is 0 Å². The molecule has 0 aliphatic heterocycles. The molecule has 0 N–H and O–H groups in total. The molecular formula is C8H14O. The number of hydrogen-bond donors (Lipinski definition) is 0. The van der Waals surface area contributed by atoms with Gasteiger partial charge in [0.25, 0.3) is 0 Å². The number of hydrogen-bond acceptors (Lipinski definition) is 1. The zero-order chi connectivity index (χ0) is 7.11. The fourth-order valence-corrected chi connectivity index (χ4v) is 0.534. The second-order valence-corrected chi connectivity index (χ2v) is 1.72. The molecule has 0 radical (unpaired) electrons. The first kappa shape index (κ1) is 8.28. The predicted molar refractivity (Wildman–Crippen MR) is 40.2 cm³/mol. The summed E-state index contributed by atoms with van der Waals surface area (Å²) in [6.45, 7) is 4.05. The molecule has 0 aromatic rings. The van der Waals surface area contributed by atoms with Crippen LogP contribution in [0.4, 0.5) is 0 Å². The van der Waals surface area contributed by atoms with Crippen LogP contribution >= 0.6 is 0 Å². The highest BCUT2D eigenvalue weighted by atomic mass is 16.5. The van der Waals surface area contributed by atoms with Gasteiger partial charge in [0.1, 0.15) is 0 Å². The van der Waals surface area contributed by atoms with Crippen molar-refractivity contribution >= 4 is 0 Å². The highest BCUT2D eigenvalue weighted by Gasteiger charge is 1.84. The van der Waals surface area contributed by atoms with Crippen LogP contribution in [0, 0.1) is 0 Å². The molecule has 0 fully saturated rings. The Hall–Kier alpha value is -0.720. The molecule has 0 unspecified atom stereocenters. The first-order chi connectivity index (χ1) is 4.35. The second-order valence-electron chi connectivity index (χ2n) is 1.72. The van der Waals surface area contributed by atoms with Crippen LogP contribution < -0.4 is 0 Å². The van der Waals surface area contributed by atoms with Crippen LogP contribution in [0.1, 0.15) is 20.3 Å². The Kier molecular flexibility index (Phi) is 4.98. The third-order valence-corrected chi connectivity index (χ3v) is 1.09. The molecule has 52 valence electrons. The summed E-state index contributed by atoms with van der Waals surface area (Å²) < 4.78 is 5.01. The van der Waals surface area contributed by atoms with Crippen molar-refractivity contribution in [2.45, 2.75) is 20.3 Å². The van der Waals surface area contributed by atoms with Crippen LogP contribution in [0.2, 0.25) is 0 Å². The Morgan fingerprint density at radius 1 is 1.56 bits per heavy atom. The summed E-state index contributed by atoms with van der Waals surface area (Å²) in [5.41, 5.74) is 0. The van der Waals surface area contributed by atoms with Crippen LogP contribution in [0.3, 0.4) is 0 Å². The summed E-state index contributed by atoms with van der Waals surface area (Å²) in [7, 11) is 1.69. The van der Waals surface area contributed by atoms with E-state index in [2.05, 4.69) is 6.92 Å². The van der Waals surface area contributed by atoms with Gasteiger partial charge in [-0.25, -0.2) is 0 Å². The van der Waals surface area contributed by atoms with Crippen LogP contribution in [0.15, 0.2) is 24.0 Å². The van der Waals surface area contributed by atoms with E-state index in [1.54, 1.807) is 7.11 Å². The maximum absolute atomic E-state index is 5.01. The predicted octanol–water partition coefficient (Wildman–Crippen LogP) is 2.50. The summed E-state index contributed by atoms with van der Waals surface area (Å²) in [5, 5.41) is 0. The number of methoxy groups -OCH3 is 1. The summed E-state index contributed by atoms with van der Waals surface area (Å²) in [6, 6.07) is 0. The lowest BCUT2D eigenvalue weighted by molar-refractivity contribution is 0.281. The fraction of sp³-hybridized carbons (Fsp3) is 0.500. The third-order valence-electron chi connectivity index (χ3n) is 1.09. The minimum Gasteiger partial charge on any atom is -0.501 e. The Balaban J connectivity index is 3.75. The summed E-state index contributed by atoms with van der Waals surface area (Å²) in [5.74, 6) is 1.02. The minimum absolute atomic E-state index is 0.959. The second kappa shape index (κ2) is 5.42. The van der Waals surface area contributed by atoms with E-state index in [1.807, 2.05) is 25.2 Å². The molecule has 0 atom stereocenters. The topological polar surface area (TPSA) is 9.23 Å². The zero-order valence-corrected chi connectivity index (χ0v) is 6.35. The van der Waals surface area contributed by atoms with Gasteiger partial charge in [-0.1, -0.05) is 19.1 Å². The first-order valence-corrected chi connectivity index (χ1v) is 3.21. The van der Waals surface area contributed by atoms with E-state index in [1.165, 1.54) is 0 Å². The van der Waals surface area contributed by atoms with Crippen LogP contribution in [-0.2, 0) is 4.74 Å². The Morgan fingerprint density at radius 2 is 2.22 bits per heavy atom. The monoisotopic (exact) mass is 126 g/mol. The van der Waals surface area contributed by atoms with Crippen molar-refractivity contribution in [1.29, 1.82) is 0 Å². The largest absolute Gasteiger partial charge is 0.501 e. The zero-order valence-electron chi connectivity index (χ0n) is 6.35. The molecule has 0 aromatic carbocycles. The molecule has 0 aliphatic rings. The van der Waals surface area contributed by atoms with E-state index in [0.717, 1.165) is 12.2 Å². The smallest absolute Gasteiger partial charge is 0.0952 e. The first-order valence-electron chi connectivity index (χ1n) is 3.21. The molecule has 0 rings (SSSR count). The molecule has 1 nitrogen and oxygen atoms in total. The molecule has 9 heavy (non-hydrogen) atoms. The molecule has 0 saturated carbocycles. The molecule has 0 heterocycles. The van der Waals surface area contributed by atoms with Gasteiger partial charge in [0.05, 0.1) is 12.9 Å². The molecule has 0 spiro atoms. The van der Waals surface area contributed by atoms with Crippen molar-refractivity contribution < 1.29 is 4.74 Å². The summed E-state index contributed by atoms with van der Waals surface area (Å²) in [4.78, 5) is 0. The quantitative estimate of drug-likeness (QED) is 0.417. The van der Waals surface area contributed by atoms with Crippen molar-refractivity contribution in [1.82, 2.24) is 0 Å². The average Bonchev–Trinajstić information content (AvgIpc) is 1.91. The van der Waals surface area contributed by atoms with Gasteiger partial charge in [-0.05, 0) is 13.0 Å². The van der Waals surface area contributed by atoms with Crippen LogP contribution in [0.25, 0.3) is 0 Å². The van der Waals surface area contributed by atoms with Crippen LogP contribution in [0.5, 0.6) is 0 Å². The highest BCUT2D eigenvalue weighted by molar-refractivity contribution is 5.05. The van der Waals surface area contributed by atoms with Crippen molar-refractivity contribution in [2.24, 2.45) is 0 Å². The molecular weight excluding hydrogens is 112 g/mol. The van der Waals surface area contributed by atoms with Gasteiger partial charge in [0, 0.05) is 6.42 Å².